The summed E-state index contributed by atoms with van der Waals surface area (Å²) in [5.41, 5.74) is 1.76. The van der Waals surface area contributed by atoms with Gasteiger partial charge in [-0.1, -0.05) is 6.92 Å². The van der Waals surface area contributed by atoms with Gasteiger partial charge in [-0.25, -0.2) is 0 Å². The molecule has 0 spiro atoms. The van der Waals surface area contributed by atoms with E-state index in [1.807, 2.05) is 49.2 Å². The van der Waals surface area contributed by atoms with Gasteiger partial charge in [-0.3, -0.25) is 4.79 Å². The highest BCUT2D eigenvalue weighted by Crippen LogP contribution is 2.20. The van der Waals surface area contributed by atoms with E-state index in [1.165, 1.54) is 0 Å². The zero-order valence-corrected chi connectivity index (χ0v) is 9.97. The van der Waals surface area contributed by atoms with Crippen LogP contribution in [0.4, 0.5) is 5.69 Å². The predicted octanol–water partition coefficient (Wildman–Crippen LogP) is 2.80. The van der Waals surface area contributed by atoms with Crippen molar-refractivity contribution in [3.8, 4) is 0 Å². The molecule has 1 aliphatic heterocycles. The number of nitrogens with zero attached hydrogens (tertiary/aromatic N) is 2. The lowest BCUT2D eigenvalue weighted by molar-refractivity contribution is 0.0988. The molecule has 1 aliphatic rings. The summed E-state index contributed by atoms with van der Waals surface area (Å²) in [7, 11) is 1.94. The van der Waals surface area contributed by atoms with Crippen LogP contribution in [-0.4, -0.2) is 18.7 Å². The van der Waals surface area contributed by atoms with Crippen molar-refractivity contribution in [1.82, 2.24) is 0 Å². The molecule has 0 saturated heterocycles. The Morgan fingerprint density at radius 3 is 2.59 bits per heavy atom. The largest absolute Gasteiger partial charge is 0.329 e. The van der Waals surface area contributed by atoms with E-state index in [2.05, 4.69) is 10.9 Å². The number of carbonyl (C=O) groups is 1. The minimum atomic E-state index is 0.166. The molecule has 0 saturated carbocycles. The van der Waals surface area contributed by atoms with Crippen molar-refractivity contribution in [2.75, 3.05) is 11.9 Å². The molecule has 0 radical (unpaired) electrons. The van der Waals surface area contributed by atoms with E-state index in [0.29, 0.717) is 6.42 Å². The molecular formula is C14H14N2O. The highest BCUT2D eigenvalue weighted by molar-refractivity contribution is 5.96. The van der Waals surface area contributed by atoms with Gasteiger partial charge in [0.1, 0.15) is 5.82 Å². The molecular weight excluding hydrogens is 212 g/mol. The molecule has 3 heteroatoms. The number of benzene rings is 1. The van der Waals surface area contributed by atoms with Gasteiger partial charge in [0.25, 0.3) is 0 Å². The second kappa shape index (κ2) is 4.81. The maximum absolute atomic E-state index is 11.5. The van der Waals surface area contributed by atoms with Crippen molar-refractivity contribution in [3.05, 3.63) is 47.8 Å². The van der Waals surface area contributed by atoms with Crippen molar-refractivity contribution in [2.24, 2.45) is 4.99 Å². The van der Waals surface area contributed by atoms with Crippen LogP contribution in [0.1, 0.15) is 23.7 Å². The molecule has 0 fully saturated rings. The fraction of sp³-hybridized carbons (Fsp3) is 0.214. The number of allylic oxidation sites excluding steroid dienone is 2. The Hall–Kier alpha value is -2.12. The standard InChI is InChI=1S/C14H14N2O/c1-3-13(17)11-6-8-12(9-7-11)16(2)14-5-4-10-15-14/h4-9H,3H2,1-2H3. The van der Waals surface area contributed by atoms with Crippen molar-refractivity contribution in [1.29, 1.82) is 0 Å². The van der Waals surface area contributed by atoms with Crippen LogP contribution in [0.3, 0.4) is 0 Å². The third kappa shape index (κ3) is 2.35. The monoisotopic (exact) mass is 226 g/mol. The molecule has 0 bridgehead atoms. The van der Waals surface area contributed by atoms with Gasteiger partial charge in [0.15, 0.2) is 5.78 Å². The highest BCUT2D eigenvalue weighted by atomic mass is 16.1. The Balaban J connectivity index is 2.18. The molecule has 0 aliphatic carbocycles. The Labute approximate surface area is 101 Å². The lowest BCUT2D eigenvalue weighted by Crippen LogP contribution is -2.14. The summed E-state index contributed by atoms with van der Waals surface area (Å²) in [6, 6.07) is 7.56. The molecule has 17 heavy (non-hydrogen) atoms. The smallest absolute Gasteiger partial charge is 0.162 e. The number of hydrogen-bond donors (Lipinski definition) is 0. The van der Waals surface area contributed by atoms with Crippen molar-refractivity contribution in [2.45, 2.75) is 13.3 Å². The van der Waals surface area contributed by atoms with Crippen molar-refractivity contribution in [3.63, 3.8) is 0 Å². The number of rotatable bonds is 4. The Bertz CT molecular complexity index is 520. The summed E-state index contributed by atoms with van der Waals surface area (Å²) in [6.07, 6.45) is 4.21. The molecule has 0 unspecified atom stereocenters. The van der Waals surface area contributed by atoms with Gasteiger partial charge < -0.3 is 4.90 Å². The summed E-state index contributed by atoms with van der Waals surface area (Å²) >= 11 is 0. The molecule has 1 heterocycles. The Morgan fingerprint density at radius 2 is 2.06 bits per heavy atom. The van der Waals surface area contributed by atoms with E-state index in [0.717, 1.165) is 17.1 Å². The first-order valence-electron chi connectivity index (χ1n) is 5.59. The number of hydrogen-bond acceptors (Lipinski definition) is 3. The minimum Gasteiger partial charge on any atom is -0.329 e. The van der Waals surface area contributed by atoms with E-state index in [4.69, 9.17) is 0 Å². The molecule has 1 aromatic carbocycles. The Morgan fingerprint density at radius 1 is 1.35 bits per heavy atom. The lowest BCUT2D eigenvalue weighted by atomic mass is 10.1. The number of ketones is 1. The Kier molecular flexibility index (Phi) is 3.22. The topological polar surface area (TPSA) is 32.7 Å². The predicted molar refractivity (Wildman–Crippen MR) is 69.6 cm³/mol. The van der Waals surface area contributed by atoms with Gasteiger partial charge in [-0.2, -0.15) is 4.99 Å². The van der Waals surface area contributed by atoms with Gasteiger partial charge in [-0.15, -0.1) is 0 Å². The van der Waals surface area contributed by atoms with Crippen molar-refractivity contribution >= 4 is 17.3 Å². The van der Waals surface area contributed by atoms with E-state index < -0.39 is 0 Å². The SMILES string of the molecule is CCC(=O)c1ccc(N(C)C2=CC=C=N2)cc1. The molecule has 2 rings (SSSR count). The average Bonchev–Trinajstić information content (AvgIpc) is 2.91. The summed E-state index contributed by atoms with van der Waals surface area (Å²) in [5, 5.41) is 0. The molecule has 86 valence electrons. The van der Waals surface area contributed by atoms with Crippen LogP contribution in [0.2, 0.25) is 0 Å². The van der Waals surface area contributed by atoms with Crippen LogP contribution in [0.5, 0.6) is 0 Å². The van der Waals surface area contributed by atoms with E-state index in [-0.39, 0.29) is 5.78 Å². The first-order valence-corrected chi connectivity index (χ1v) is 5.59. The van der Waals surface area contributed by atoms with Crippen molar-refractivity contribution < 1.29 is 4.79 Å². The minimum absolute atomic E-state index is 0.166. The highest BCUT2D eigenvalue weighted by Gasteiger charge is 2.08. The summed E-state index contributed by atoms with van der Waals surface area (Å²) < 4.78 is 0. The second-order valence-corrected chi connectivity index (χ2v) is 3.82. The van der Waals surface area contributed by atoms with Gasteiger partial charge >= 0.3 is 0 Å². The molecule has 0 aromatic heterocycles. The summed E-state index contributed by atoms with van der Waals surface area (Å²) in [5.74, 6) is 3.79. The van der Waals surface area contributed by atoms with Crippen LogP contribution < -0.4 is 4.90 Å². The van der Waals surface area contributed by atoms with E-state index in [9.17, 15) is 4.79 Å². The third-order valence-electron chi connectivity index (χ3n) is 2.73. The third-order valence-corrected chi connectivity index (χ3v) is 2.73. The van der Waals surface area contributed by atoms with Crippen LogP contribution in [0.15, 0.2) is 47.2 Å². The van der Waals surface area contributed by atoms with Gasteiger partial charge in [0.2, 0.25) is 0 Å². The van der Waals surface area contributed by atoms with Crippen LogP contribution in [0, 0.1) is 0 Å². The van der Waals surface area contributed by atoms with E-state index >= 15 is 0 Å². The number of carbonyl (C=O) groups excluding carboxylic acids is 1. The molecule has 0 atom stereocenters. The summed E-state index contributed by atoms with van der Waals surface area (Å²) in [6.45, 7) is 1.87. The first-order chi connectivity index (χ1) is 8.22. The zero-order valence-electron chi connectivity index (χ0n) is 9.97. The molecule has 0 N–H and O–H groups in total. The van der Waals surface area contributed by atoms with Crippen LogP contribution in [0.25, 0.3) is 0 Å². The molecule has 0 amide bonds. The van der Waals surface area contributed by atoms with Gasteiger partial charge in [0.05, 0.1) is 0 Å². The first kappa shape index (κ1) is 11.4. The number of Topliss-reactive ketones (excluding diaryl/α,β-unsaturated/α-hetero) is 1. The van der Waals surface area contributed by atoms with Gasteiger partial charge in [-0.05, 0) is 36.2 Å². The van der Waals surface area contributed by atoms with Crippen LogP contribution >= 0.6 is 0 Å². The second-order valence-electron chi connectivity index (χ2n) is 3.82. The quantitative estimate of drug-likeness (QED) is 0.739. The summed E-state index contributed by atoms with van der Waals surface area (Å²) in [4.78, 5) is 17.5. The fourth-order valence-corrected chi connectivity index (χ4v) is 1.65. The average molecular weight is 226 g/mol. The number of anilines is 1. The lowest BCUT2D eigenvalue weighted by Gasteiger charge is -2.17. The fourth-order valence-electron chi connectivity index (χ4n) is 1.65. The van der Waals surface area contributed by atoms with E-state index in [1.54, 1.807) is 6.08 Å². The maximum atomic E-state index is 11.5. The maximum Gasteiger partial charge on any atom is 0.162 e. The zero-order chi connectivity index (χ0) is 12.3. The molecule has 1 aromatic rings. The van der Waals surface area contributed by atoms with Crippen LogP contribution in [-0.2, 0) is 0 Å². The number of aliphatic imine (C=N–C) groups is 1. The van der Waals surface area contributed by atoms with Gasteiger partial charge in [0, 0.05) is 30.8 Å². The molecule has 3 nitrogen and oxygen atoms in total. The normalized spacial score (nSPS) is 12.7.